The van der Waals surface area contributed by atoms with Gasteiger partial charge in [0.05, 0.1) is 6.42 Å². The molecule has 0 spiro atoms. The van der Waals surface area contributed by atoms with Crippen molar-refractivity contribution < 1.29 is 23.5 Å². The average Bonchev–Trinajstić information content (AvgIpc) is 2.33. The van der Waals surface area contributed by atoms with Crippen LogP contribution in [0.5, 0.6) is 0 Å². The Morgan fingerprint density at radius 2 is 1.80 bits per heavy atom. The van der Waals surface area contributed by atoms with E-state index in [-0.39, 0.29) is 17.9 Å². The number of halogens is 2. The Morgan fingerprint density at radius 3 is 2.25 bits per heavy atom. The second-order valence-corrected chi connectivity index (χ2v) is 4.72. The third-order valence-electron chi connectivity index (χ3n) is 3.08. The number of aliphatic carboxylic acids is 1. The predicted molar refractivity (Wildman–Crippen MR) is 69.1 cm³/mol. The van der Waals surface area contributed by atoms with Gasteiger partial charge in [0, 0.05) is 6.07 Å². The number of hydrogen-bond donors (Lipinski definition) is 2. The van der Waals surface area contributed by atoms with E-state index in [1.54, 1.807) is 6.92 Å². The highest BCUT2D eigenvalue weighted by Gasteiger charge is 2.25. The minimum Gasteiger partial charge on any atom is -0.480 e. The molecule has 0 bridgehead atoms. The van der Waals surface area contributed by atoms with Crippen molar-refractivity contribution in [3.8, 4) is 0 Å². The van der Waals surface area contributed by atoms with Gasteiger partial charge >= 0.3 is 5.97 Å². The second kappa shape index (κ2) is 6.98. The summed E-state index contributed by atoms with van der Waals surface area (Å²) in [6, 6.07) is 1.79. The number of hydrogen-bond acceptors (Lipinski definition) is 2. The molecule has 1 rings (SSSR count). The van der Waals surface area contributed by atoms with Gasteiger partial charge in [-0.2, -0.15) is 0 Å². The highest BCUT2D eigenvalue weighted by Crippen LogP contribution is 2.11. The quantitative estimate of drug-likeness (QED) is 0.841. The third-order valence-corrected chi connectivity index (χ3v) is 3.08. The molecule has 20 heavy (non-hydrogen) atoms. The summed E-state index contributed by atoms with van der Waals surface area (Å²) < 4.78 is 26.0. The van der Waals surface area contributed by atoms with Crippen molar-refractivity contribution in [3.63, 3.8) is 0 Å². The Morgan fingerprint density at radius 1 is 1.25 bits per heavy atom. The first-order chi connectivity index (χ1) is 9.33. The summed E-state index contributed by atoms with van der Waals surface area (Å²) >= 11 is 0. The number of carboxylic acid groups (broad SMARTS) is 1. The lowest BCUT2D eigenvalue weighted by Crippen LogP contribution is -2.45. The molecule has 0 saturated carbocycles. The van der Waals surface area contributed by atoms with Crippen molar-refractivity contribution in [2.45, 2.75) is 32.7 Å². The molecular weight excluding hydrogens is 268 g/mol. The Hall–Kier alpha value is -1.98. The van der Waals surface area contributed by atoms with Crippen molar-refractivity contribution >= 4 is 11.9 Å². The molecule has 110 valence electrons. The molecule has 6 heteroatoms. The fourth-order valence-electron chi connectivity index (χ4n) is 1.81. The Balaban J connectivity index is 2.73. The molecule has 4 nitrogen and oxygen atoms in total. The van der Waals surface area contributed by atoms with E-state index in [9.17, 15) is 18.4 Å². The maximum Gasteiger partial charge on any atom is 0.326 e. The summed E-state index contributed by atoms with van der Waals surface area (Å²) in [7, 11) is 0. The van der Waals surface area contributed by atoms with Gasteiger partial charge in [-0.05, 0) is 23.6 Å². The maximum atomic E-state index is 13.0. The molecular formula is C14H17F2NO3. The summed E-state index contributed by atoms with van der Waals surface area (Å²) in [4.78, 5) is 22.8. The van der Waals surface area contributed by atoms with Crippen LogP contribution in [-0.2, 0) is 16.0 Å². The zero-order valence-electron chi connectivity index (χ0n) is 11.3. The minimum atomic E-state index is -1.13. The number of rotatable bonds is 6. The molecule has 2 N–H and O–H groups in total. The SMILES string of the molecule is CC[C@@H](C)[C@H](NC(=O)Cc1cc(F)cc(F)c1)C(=O)O. The lowest BCUT2D eigenvalue weighted by atomic mass is 9.99. The molecule has 0 aliphatic carbocycles. The van der Waals surface area contributed by atoms with E-state index in [0.717, 1.165) is 12.1 Å². The fraction of sp³-hybridized carbons (Fsp3) is 0.429. The third kappa shape index (κ3) is 4.60. The van der Waals surface area contributed by atoms with Crippen molar-refractivity contribution in [3.05, 3.63) is 35.4 Å². The molecule has 1 amide bonds. The molecule has 0 saturated heterocycles. The van der Waals surface area contributed by atoms with E-state index in [1.165, 1.54) is 0 Å². The lowest BCUT2D eigenvalue weighted by molar-refractivity contribution is -0.143. The largest absolute Gasteiger partial charge is 0.480 e. The molecule has 0 unspecified atom stereocenters. The fourth-order valence-corrected chi connectivity index (χ4v) is 1.81. The number of amides is 1. The second-order valence-electron chi connectivity index (χ2n) is 4.72. The van der Waals surface area contributed by atoms with Crippen molar-refractivity contribution in [1.29, 1.82) is 0 Å². The smallest absolute Gasteiger partial charge is 0.326 e. The van der Waals surface area contributed by atoms with Crippen LogP contribution in [0, 0.1) is 17.6 Å². The minimum absolute atomic E-state index is 0.160. The van der Waals surface area contributed by atoms with E-state index in [1.807, 2.05) is 6.92 Å². The van der Waals surface area contributed by atoms with Gasteiger partial charge in [0.15, 0.2) is 0 Å². The number of carbonyl (C=O) groups excluding carboxylic acids is 1. The van der Waals surface area contributed by atoms with Gasteiger partial charge in [0.2, 0.25) is 5.91 Å². The Kier molecular flexibility index (Phi) is 5.61. The van der Waals surface area contributed by atoms with Crippen LogP contribution >= 0.6 is 0 Å². The van der Waals surface area contributed by atoms with Crippen LogP contribution in [0.4, 0.5) is 8.78 Å². The summed E-state index contributed by atoms with van der Waals surface area (Å²) in [5.41, 5.74) is 0.160. The van der Waals surface area contributed by atoms with Gasteiger partial charge in [-0.3, -0.25) is 4.79 Å². The molecule has 0 aliphatic heterocycles. The Bertz CT molecular complexity index is 485. The van der Waals surface area contributed by atoms with Gasteiger partial charge in [0.1, 0.15) is 17.7 Å². The van der Waals surface area contributed by atoms with Crippen LogP contribution in [0.3, 0.4) is 0 Å². The number of benzene rings is 1. The molecule has 0 aliphatic rings. The summed E-state index contributed by atoms with van der Waals surface area (Å²) in [6.45, 7) is 3.52. The monoisotopic (exact) mass is 285 g/mol. The average molecular weight is 285 g/mol. The van der Waals surface area contributed by atoms with Crippen LogP contribution in [0.1, 0.15) is 25.8 Å². The first-order valence-electron chi connectivity index (χ1n) is 6.30. The maximum absolute atomic E-state index is 13.0. The lowest BCUT2D eigenvalue weighted by Gasteiger charge is -2.20. The molecule has 2 atom stereocenters. The molecule has 1 aromatic rings. The molecule has 0 radical (unpaired) electrons. The standard InChI is InChI=1S/C14H17F2NO3/c1-3-8(2)13(14(19)20)17-12(18)6-9-4-10(15)7-11(16)5-9/h4-5,7-8,13H,3,6H2,1-2H3,(H,17,18)(H,19,20)/t8-,13+/m1/s1. The first kappa shape index (κ1) is 16.1. The van der Waals surface area contributed by atoms with E-state index >= 15 is 0 Å². The van der Waals surface area contributed by atoms with E-state index in [2.05, 4.69) is 5.32 Å². The normalized spacial score (nSPS) is 13.6. The number of nitrogens with one attached hydrogen (secondary N) is 1. The van der Waals surface area contributed by atoms with Gasteiger partial charge < -0.3 is 10.4 Å². The van der Waals surface area contributed by atoms with Crippen LogP contribution in [0.25, 0.3) is 0 Å². The number of carboxylic acids is 1. The highest BCUT2D eigenvalue weighted by molar-refractivity contribution is 5.85. The van der Waals surface area contributed by atoms with Gasteiger partial charge in [-0.25, -0.2) is 13.6 Å². The highest BCUT2D eigenvalue weighted by atomic mass is 19.1. The van der Waals surface area contributed by atoms with Crippen LogP contribution < -0.4 is 5.32 Å². The van der Waals surface area contributed by atoms with Gasteiger partial charge in [0.25, 0.3) is 0 Å². The zero-order chi connectivity index (χ0) is 15.3. The molecule has 1 aromatic carbocycles. The van der Waals surface area contributed by atoms with E-state index in [0.29, 0.717) is 12.5 Å². The van der Waals surface area contributed by atoms with E-state index < -0.39 is 29.6 Å². The topological polar surface area (TPSA) is 66.4 Å². The molecule has 0 aromatic heterocycles. The van der Waals surface area contributed by atoms with Crippen molar-refractivity contribution in [2.24, 2.45) is 5.92 Å². The molecule has 0 heterocycles. The van der Waals surface area contributed by atoms with Gasteiger partial charge in [-0.15, -0.1) is 0 Å². The van der Waals surface area contributed by atoms with Crippen molar-refractivity contribution in [1.82, 2.24) is 5.32 Å². The van der Waals surface area contributed by atoms with Crippen LogP contribution in [0.2, 0.25) is 0 Å². The summed E-state index contributed by atoms with van der Waals surface area (Å²) in [5.74, 6) is -3.49. The van der Waals surface area contributed by atoms with Crippen molar-refractivity contribution in [2.75, 3.05) is 0 Å². The summed E-state index contributed by atoms with van der Waals surface area (Å²) in [5, 5.41) is 11.4. The summed E-state index contributed by atoms with van der Waals surface area (Å²) in [6.07, 6.45) is 0.320. The van der Waals surface area contributed by atoms with Gasteiger partial charge in [-0.1, -0.05) is 20.3 Å². The number of carbonyl (C=O) groups is 2. The first-order valence-corrected chi connectivity index (χ1v) is 6.30. The zero-order valence-corrected chi connectivity index (χ0v) is 11.3. The Labute approximate surface area is 115 Å². The van der Waals surface area contributed by atoms with Crippen LogP contribution in [0.15, 0.2) is 18.2 Å². The molecule has 0 fully saturated rings. The van der Waals surface area contributed by atoms with E-state index in [4.69, 9.17) is 5.11 Å². The van der Waals surface area contributed by atoms with Crippen LogP contribution in [-0.4, -0.2) is 23.0 Å². The predicted octanol–water partition coefficient (Wildman–Crippen LogP) is 2.12.